The molecule has 6 heteroatoms. The molecule has 1 heterocycles. The molecule has 20 heavy (non-hydrogen) atoms. The Morgan fingerprint density at radius 1 is 1.40 bits per heavy atom. The number of hydrogen-bond donors (Lipinski definition) is 3. The first-order valence-electron chi connectivity index (χ1n) is 6.11. The third-order valence-electron chi connectivity index (χ3n) is 2.96. The second kappa shape index (κ2) is 5.66. The lowest BCUT2D eigenvalue weighted by Crippen LogP contribution is -2.37. The van der Waals surface area contributed by atoms with Gasteiger partial charge in [-0.2, -0.15) is 0 Å². The van der Waals surface area contributed by atoms with Gasteiger partial charge in [-0.3, -0.25) is 14.6 Å². The molecule has 1 amide bonds. The third kappa shape index (κ3) is 2.92. The molecule has 104 valence electrons. The number of anilines is 1. The zero-order chi connectivity index (χ0) is 14.7. The molecule has 0 saturated carbocycles. The van der Waals surface area contributed by atoms with E-state index in [0.29, 0.717) is 5.69 Å². The molecular weight excluding hydrogens is 258 g/mol. The van der Waals surface area contributed by atoms with Crippen molar-refractivity contribution in [2.45, 2.75) is 19.4 Å². The molecule has 4 N–H and O–H groups in total. The summed E-state index contributed by atoms with van der Waals surface area (Å²) in [7, 11) is 0. The van der Waals surface area contributed by atoms with Crippen molar-refractivity contribution >= 4 is 28.5 Å². The number of fused-ring (bicyclic) bond motifs is 1. The molecule has 0 spiro atoms. The predicted molar refractivity (Wildman–Crippen MR) is 75.3 cm³/mol. The number of aryl methyl sites for hydroxylation is 1. The van der Waals surface area contributed by atoms with Gasteiger partial charge in [-0.25, -0.2) is 0 Å². The number of carbonyl (C=O) groups excluding carboxylic acids is 1. The normalized spacial score (nSPS) is 12.1. The fourth-order valence-electron chi connectivity index (χ4n) is 1.93. The summed E-state index contributed by atoms with van der Waals surface area (Å²) in [6.07, 6.45) is 1.27. The molecule has 1 aromatic heterocycles. The maximum absolute atomic E-state index is 11.9. The standard InChI is InChI=1S/C14H15N3O3/c1-8-4-5-11(9-3-2-6-16-13(8)9)17-14(20)10(15)7-12(18)19/h2-6,10H,7,15H2,1H3,(H,17,20)(H,18,19). The molecule has 0 aliphatic heterocycles. The van der Waals surface area contributed by atoms with E-state index in [4.69, 9.17) is 10.8 Å². The number of pyridine rings is 1. The number of rotatable bonds is 4. The minimum Gasteiger partial charge on any atom is -0.481 e. The Balaban J connectivity index is 2.28. The van der Waals surface area contributed by atoms with E-state index in [0.717, 1.165) is 16.5 Å². The maximum Gasteiger partial charge on any atom is 0.305 e. The minimum absolute atomic E-state index is 0.409. The van der Waals surface area contributed by atoms with Gasteiger partial charge in [0.05, 0.1) is 23.7 Å². The van der Waals surface area contributed by atoms with E-state index in [2.05, 4.69) is 10.3 Å². The average Bonchev–Trinajstić information content (AvgIpc) is 2.41. The molecule has 0 fully saturated rings. The van der Waals surface area contributed by atoms with E-state index in [1.54, 1.807) is 18.3 Å². The number of aromatic nitrogens is 1. The highest BCUT2D eigenvalue weighted by Crippen LogP contribution is 2.24. The highest BCUT2D eigenvalue weighted by molar-refractivity contribution is 6.04. The molecule has 0 aliphatic rings. The van der Waals surface area contributed by atoms with Crippen molar-refractivity contribution in [3.05, 3.63) is 36.0 Å². The molecule has 2 rings (SSSR count). The third-order valence-corrected chi connectivity index (χ3v) is 2.96. The molecule has 1 unspecified atom stereocenters. The number of carbonyl (C=O) groups is 2. The van der Waals surface area contributed by atoms with Crippen molar-refractivity contribution in [2.24, 2.45) is 5.73 Å². The van der Waals surface area contributed by atoms with Gasteiger partial charge in [0.1, 0.15) is 0 Å². The molecule has 0 bridgehead atoms. The Morgan fingerprint density at radius 2 is 2.15 bits per heavy atom. The van der Waals surface area contributed by atoms with E-state index < -0.39 is 24.3 Å². The number of nitrogens with zero attached hydrogens (tertiary/aromatic N) is 1. The van der Waals surface area contributed by atoms with Gasteiger partial charge < -0.3 is 16.2 Å². The van der Waals surface area contributed by atoms with Crippen LogP contribution in [0, 0.1) is 6.92 Å². The first-order valence-corrected chi connectivity index (χ1v) is 6.11. The molecule has 0 aliphatic carbocycles. The average molecular weight is 273 g/mol. The molecule has 6 nitrogen and oxygen atoms in total. The van der Waals surface area contributed by atoms with Crippen LogP contribution in [0.3, 0.4) is 0 Å². The Morgan fingerprint density at radius 3 is 2.85 bits per heavy atom. The van der Waals surface area contributed by atoms with Crippen LogP contribution in [0.4, 0.5) is 5.69 Å². The summed E-state index contributed by atoms with van der Waals surface area (Å²) in [5, 5.41) is 12.1. The van der Waals surface area contributed by atoms with Gasteiger partial charge in [0, 0.05) is 11.6 Å². The van der Waals surface area contributed by atoms with E-state index in [1.807, 2.05) is 19.1 Å². The van der Waals surface area contributed by atoms with Crippen LogP contribution >= 0.6 is 0 Å². The molecule has 2 aromatic rings. The number of nitrogens with two attached hydrogens (primary N) is 1. The summed E-state index contributed by atoms with van der Waals surface area (Å²) >= 11 is 0. The van der Waals surface area contributed by atoms with Crippen molar-refractivity contribution in [2.75, 3.05) is 5.32 Å². The summed E-state index contributed by atoms with van der Waals surface area (Å²) < 4.78 is 0. The first kappa shape index (κ1) is 14.0. The van der Waals surface area contributed by atoms with Crippen molar-refractivity contribution < 1.29 is 14.7 Å². The number of nitrogens with one attached hydrogen (secondary N) is 1. The minimum atomic E-state index is -1.11. The summed E-state index contributed by atoms with van der Waals surface area (Å²) in [6, 6.07) is 6.13. The topological polar surface area (TPSA) is 105 Å². The zero-order valence-corrected chi connectivity index (χ0v) is 11.0. The van der Waals surface area contributed by atoms with Gasteiger partial charge in [-0.15, -0.1) is 0 Å². The van der Waals surface area contributed by atoms with E-state index in [9.17, 15) is 9.59 Å². The maximum atomic E-state index is 11.9. The van der Waals surface area contributed by atoms with Gasteiger partial charge in [0.15, 0.2) is 0 Å². The molecule has 1 aromatic carbocycles. The van der Waals surface area contributed by atoms with Gasteiger partial charge in [-0.1, -0.05) is 6.07 Å². The predicted octanol–water partition coefficient (Wildman–Crippen LogP) is 1.28. The van der Waals surface area contributed by atoms with Gasteiger partial charge >= 0.3 is 5.97 Å². The fourth-order valence-corrected chi connectivity index (χ4v) is 1.93. The van der Waals surface area contributed by atoms with Crippen LogP contribution < -0.4 is 11.1 Å². The Hall–Kier alpha value is -2.47. The van der Waals surface area contributed by atoms with Gasteiger partial charge in [0.25, 0.3) is 0 Å². The summed E-state index contributed by atoms with van der Waals surface area (Å²) in [5.74, 6) is -1.63. The second-order valence-corrected chi connectivity index (χ2v) is 4.52. The van der Waals surface area contributed by atoms with E-state index in [1.165, 1.54) is 0 Å². The van der Waals surface area contributed by atoms with Crippen LogP contribution in [-0.4, -0.2) is 28.0 Å². The summed E-state index contributed by atoms with van der Waals surface area (Å²) in [4.78, 5) is 26.7. The van der Waals surface area contributed by atoms with E-state index >= 15 is 0 Å². The Labute approximate surface area is 115 Å². The van der Waals surface area contributed by atoms with Crippen LogP contribution in [0.1, 0.15) is 12.0 Å². The number of aliphatic carboxylic acids is 1. The fraction of sp³-hybridized carbons (Fsp3) is 0.214. The Bertz CT molecular complexity index is 670. The highest BCUT2D eigenvalue weighted by Gasteiger charge is 2.18. The monoisotopic (exact) mass is 273 g/mol. The van der Waals surface area contributed by atoms with Crippen LogP contribution in [0.15, 0.2) is 30.5 Å². The van der Waals surface area contributed by atoms with Crippen LogP contribution in [0.5, 0.6) is 0 Å². The first-order chi connectivity index (χ1) is 9.49. The van der Waals surface area contributed by atoms with Gasteiger partial charge in [-0.05, 0) is 30.7 Å². The smallest absolute Gasteiger partial charge is 0.305 e. The highest BCUT2D eigenvalue weighted by atomic mass is 16.4. The molecule has 0 saturated heterocycles. The Kier molecular flexibility index (Phi) is 3.95. The van der Waals surface area contributed by atoms with Crippen molar-refractivity contribution in [1.29, 1.82) is 0 Å². The number of carboxylic acids is 1. The number of benzene rings is 1. The molecular formula is C14H15N3O3. The largest absolute Gasteiger partial charge is 0.481 e. The lowest BCUT2D eigenvalue weighted by atomic mass is 10.1. The quantitative estimate of drug-likeness (QED) is 0.778. The van der Waals surface area contributed by atoms with Crippen molar-refractivity contribution in [1.82, 2.24) is 4.98 Å². The number of carboxylic acid groups (broad SMARTS) is 1. The zero-order valence-electron chi connectivity index (χ0n) is 11.0. The SMILES string of the molecule is Cc1ccc(NC(=O)C(N)CC(=O)O)c2cccnc12. The van der Waals surface area contributed by atoms with Crippen molar-refractivity contribution in [3.8, 4) is 0 Å². The second-order valence-electron chi connectivity index (χ2n) is 4.52. The summed E-state index contributed by atoms with van der Waals surface area (Å²) in [6.45, 7) is 1.93. The van der Waals surface area contributed by atoms with Gasteiger partial charge in [0.2, 0.25) is 5.91 Å². The number of hydrogen-bond acceptors (Lipinski definition) is 4. The molecule has 1 atom stereocenters. The summed E-state index contributed by atoms with van der Waals surface area (Å²) in [5.41, 5.74) is 7.89. The lowest BCUT2D eigenvalue weighted by Gasteiger charge is -2.13. The van der Waals surface area contributed by atoms with Crippen LogP contribution in [0.25, 0.3) is 10.9 Å². The van der Waals surface area contributed by atoms with Crippen LogP contribution in [0.2, 0.25) is 0 Å². The van der Waals surface area contributed by atoms with Crippen LogP contribution in [-0.2, 0) is 9.59 Å². The molecule has 0 radical (unpaired) electrons. The number of amides is 1. The van der Waals surface area contributed by atoms with E-state index in [-0.39, 0.29) is 0 Å². The van der Waals surface area contributed by atoms with Crippen molar-refractivity contribution in [3.63, 3.8) is 0 Å². The lowest BCUT2D eigenvalue weighted by molar-refractivity contribution is -0.138.